The second-order valence-electron chi connectivity index (χ2n) is 7.33. The van der Waals surface area contributed by atoms with Gasteiger partial charge < -0.3 is 9.64 Å². The van der Waals surface area contributed by atoms with Crippen molar-refractivity contribution in [3.05, 3.63) is 11.8 Å². The summed E-state index contributed by atoms with van der Waals surface area (Å²) in [5.74, 6) is -1.49. The van der Waals surface area contributed by atoms with E-state index < -0.39 is 17.8 Å². The van der Waals surface area contributed by atoms with E-state index in [0.29, 0.717) is 32.5 Å². The third-order valence-corrected chi connectivity index (χ3v) is 5.53. The summed E-state index contributed by atoms with van der Waals surface area (Å²) < 4.78 is 5.06. The number of nitrogens with one attached hydrogen (secondary N) is 1. The number of piperidine rings is 1. The smallest absolute Gasteiger partial charge is 0.331 e. The van der Waals surface area contributed by atoms with E-state index in [1.807, 2.05) is 4.90 Å². The zero-order chi connectivity index (χ0) is 19.4. The summed E-state index contributed by atoms with van der Waals surface area (Å²) in [6, 6.07) is -0.757. The number of carbonyl (C=O) groups excluding carboxylic acids is 4. The van der Waals surface area contributed by atoms with Gasteiger partial charge in [0.1, 0.15) is 5.57 Å². The molecule has 148 valence electrons. The van der Waals surface area contributed by atoms with E-state index in [2.05, 4.69) is 5.32 Å². The molecule has 1 aliphatic carbocycles. The molecule has 8 heteroatoms. The minimum atomic E-state index is -0.649. The first-order valence-electron chi connectivity index (χ1n) is 9.82. The van der Waals surface area contributed by atoms with Crippen LogP contribution in [0.4, 0.5) is 4.79 Å². The summed E-state index contributed by atoms with van der Waals surface area (Å²) in [7, 11) is 0. The van der Waals surface area contributed by atoms with Crippen LogP contribution in [0.25, 0.3) is 0 Å². The van der Waals surface area contributed by atoms with Crippen LogP contribution in [0.3, 0.4) is 0 Å². The molecule has 8 nitrogen and oxygen atoms in total. The van der Waals surface area contributed by atoms with Gasteiger partial charge in [0.25, 0.3) is 11.8 Å². The number of amides is 4. The number of nitrogens with zero attached hydrogens (tertiary/aromatic N) is 2. The fourth-order valence-electron chi connectivity index (χ4n) is 4.04. The Morgan fingerprint density at radius 3 is 2.41 bits per heavy atom. The molecule has 0 aromatic heterocycles. The Balaban J connectivity index is 1.67. The van der Waals surface area contributed by atoms with Gasteiger partial charge in [-0.15, -0.1) is 0 Å². The lowest BCUT2D eigenvalue weighted by Gasteiger charge is -2.36. The molecular formula is C19H27N3O5. The maximum absolute atomic E-state index is 12.9. The third kappa shape index (κ3) is 4.31. The van der Waals surface area contributed by atoms with Crippen molar-refractivity contribution in [3.8, 4) is 0 Å². The summed E-state index contributed by atoms with van der Waals surface area (Å²) in [4.78, 5) is 52.2. The van der Waals surface area contributed by atoms with Crippen LogP contribution in [-0.2, 0) is 19.1 Å². The Bertz CT molecular complexity index is 646. The maximum Gasteiger partial charge on any atom is 0.331 e. The second kappa shape index (κ2) is 8.54. The van der Waals surface area contributed by atoms with E-state index in [-0.39, 0.29) is 23.5 Å². The van der Waals surface area contributed by atoms with E-state index >= 15 is 0 Å². The van der Waals surface area contributed by atoms with Crippen molar-refractivity contribution in [1.82, 2.24) is 15.1 Å². The molecule has 2 aliphatic heterocycles. The molecule has 2 saturated heterocycles. The van der Waals surface area contributed by atoms with Gasteiger partial charge in [-0.05, 0) is 32.6 Å². The molecule has 0 radical (unpaired) electrons. The van der Waals surface area contributed by atoms with Crippen molar-refractivity contribution >= 4 is 23.8 Å². The zero-order valence-electron chi connectivity index (χ0n) is 15.7. The highest BCUT2D eigenvalue weighted by Gasteiger charge is 2.40. The predicted octanol–water partition coefficient (Wildman–Crippen LogP) is 1.56. The molecule has 0 aromatic carbocycles. The first-order valence-corrected chi connectivity index (χ1v) is 9.82. The Morgan fingerprint density at radius 2 is 1.78 bits per heavy atom. The van der Waals surface area contributed by atoms with Gasteiger partial charge in [0, 0.05) is 25.3 Å². The monoisotopic (exact) mass is 377 g/mol. The standard InChI is InChI=1S/C19H27N3O5/c1-2-27-18(25)13-8-10-21(11-9-13)12-15-16(23)20-19(26)22(17(15)24)14-6-4-3-5-7-14/h12-14H,2-11H2,1H3,(H,20,23,26)/b15-12+. The number of likely N-dealkylation sites (tertiary alicyclic amines) is 1. The van der Waals surface area contributed by atoms with Crippen molar-refractivity contribution in [2.75, 3.05) is 19.7 Å². The lowest BCUT2D eigenvalue weighted by Crippen LogP contribution is -2.58. The first-order chi connectivity index (χ1) is 13.0. The highest BCUT2D eigenvalue weighted by molar-refractivity contribution is 6.28. The molecule has 0 bridgehead atoms. The Hall–Kier alpha value is -2.38. The van der Waals surface area contributed by atoms with Crippen LogP contribution in [0.15, 0.2) is 11.8 Å². The number of carbonyl (C=O) groups is 4. The minimum Gasteiger partial charge on any atom is -0.466 e. The van der Waals surface area contributed by atoms with E-state index in [1.165, 1.54) is 4.90 Å². The summed E-state index contributed by atoms with van der Waals surface area (Å²) in [5.41, 5.74) is -0.00485. The van der Waals surface area contributed by atoms with Gasteiger partial charge in [-0.1, -0.05) is 19.3 Å². The summed E-state index contributed by atoms with van der Waals surface area (Å²) in [6.45, 7) is 3.27. The van der Waals surface area contributed by atoms with Crippen molar-refractivity contribution in [3.63, 3.8) is 0 Å². The molecule has 2 heterocycles. The lowest BCUT2D eigenvalue weighted by atomic mass is 9.93. The number of esters is 1. The summed E-state index contributed by atoms with van der Waals surface area (Å²) in [6.07, 6.45) is 7.41. The van der Waals surface area contributed by atoms with Crippen LogP contribution in [0, 0.1) is 5.92 Å². The van der Waals surface area contributed by atoms with Crippen LogP contribution in [0.1, 0.15) is 51.9 Å². The molecule has 0 spiro atoms. The van der Waals surface area contributed by atoms with Gasteiger partial charge in [-0.25, -0.2) is 4.79 Å². The van der Waals surface area contributed by atoms with Crippen molar-refractivity contribution in [2.24, 2.45) is 5.92 Å². The van der Waals surface area contributed by atoms with Gasteiger partial charge in [0.2, 0.25) is 0 Å². The molecule has 3 rings (SSSR count). The van der Waals surface area contributed by atoms with E-state index in [9.17, 15) is 19.2 Å². The molecule has 4 amide bonds. The van der Waals surface area contributed by atoms with Gasteiger partial charge in [-0.3, -0.25) is 24.6 Å². The Labute approximate surface area is 158 Å². The molecule has 1 N–H and O–H groups in total. The highest BCUT2D eigenvalue weighted by Crippen LogP contribution is 2.26. The quantitative estimate of drug-likeness (QED) is 0.454. The SMILES string of the molecule is CCOC(=O)C1CCN(/C=C2\C(=O)NC(=O)N(C3CCCCC3)C2=O)CC1. The van der Waals surface area contributed by atoms with Gasteiger partial charge in [0.15, 0.2) is 0 Å². The van der Waals surface area contributed by atoms with Gasteiger partial charge in [0.05, 0.1) is 12.5 Å². The minimum absolute atomic E-state index is 0.00485. The number of imide groups is 2. The predicted molar refractivity (Wildman–Crippen MR) is 96.3 cm³/mol. The van der Waals surface area contributed by atoms with E-state index in [1.54, 1.807) is 13.1 Å². The van der Waals surface area contributed by atoms with Crippen LogP contribution in [0.2, 0.25) is 0 Å². The largest absolute Gasteiger partial charge is 0.466 e. The molecule has 27 heavy (non-hydrogen) atoms. The summed E-state index contributed by atoms with van der Waals surface area (Å²) >= 11 is 0. The maximum atomic E-state index is 12.9. The Morgan fingerprint density at radius 1 is 1.11 bits per heavy atom. The topological polar surface area (TPSA) is 96.0 Å². The van der Waals surface area contributed by atoms with Gasteiger partial charge in [-0.2, -0.15) is 0 Å². The highest BCUT2D eigenvalue weighted by atomic mass is 16.5. The summed E-state index contributed by atoms with van der Waals surface area (Å²) in [5, 5.41) is 2.30. The molecule has 1 saturated carbocycles. The number of hydrogen-bond donors (Lipinski definition) is 1. The van der Waals surface area contributed by atoms with Crippen LogP contribution < -0.4 is 5.32 Å². The number of barbiturate groups is 1. The van der Waals surface area contributed by atoms with E-state index in [0.717, 1.165) is 32.1 Å². The second-order valence-corrected chi connectivity index (χ2v) is 7.33. The average molecular weight is 377 g/mol. The van der Waals surface area contributed by atoms with Crippen molar-refractivity contribution in [1.29, 1.82) is 0 Å². The average Bonchev–Trinajstić information content (AvgIpc) is 2.66. The number of rotatable bonds is 4. The fourth-order valence-corrected chi connectivity index (χ4v) is 4.04. The molecule has 3 aliphatic rings. The Kier molecular flexibility index (Phi) is 6.13. The number of urea groups is 1. The third-order valence-electron chi connectivity index (χ3n) is 5.53. The van der Waals surface area contributed by atoms with Crippen molar-refractivity contribution < 1.29 is 23.9 Å². The van der Waals surface area contributed by atoms with Crippen LogP contribution >= 0.6 is 0 Å². The first kappa shape index (κ1) is 19.4. The lowest BCUT2D eigenvalue weighted by molar-refractivity contribution is -0.149. The van der Waals surface area contributed by atoms with E-state index in [4.69, 9.17) is 4.74 Å². The van der Waals surface area contributed by atoms with Crippen LogP contribution in [-0.4, -0.2) is 59.4 Å². The molecular weight excluding hydrogens is 350 g/mol. The molecule has 0 atom stereocenters. The zero-order valence-corrected chi connectivity index (χ0v) is 15.7. The molecule has 3 fully saturated rings. The normalized spacial score (nSPS) is 24.3. The van der Waals surface area contributed by atoms with Crippen LogP contribution in [0.5, 0.6) is 0 Å². The number of hydrogen-bond acceptors (Lipinski definition) is 6. The fraction of sp³-hybridized carbons (Fsp3) is 0.684. The molecule has 0 aromatic rings. The number of ether oxygens (including phenoxy) is 1. The van der Waals surface area contributed by atoms with Gasteiger partial charge >= 0.3 is 12.0 Å². The molecule has 0 unspecified atom stereocenters. The van der Waals surface area contributed by atoms with Crippen molar-refractivity contribution in [2.45, 2.75) is 57.9 Å².